The minimum atomic E-state index is -1.80. The first-order chi connectivity index (χ1) is 8.41. The molecule has 0 heterocycles. The van der Waals surface area contributed by atoms with E-state index >= 15 is 0 Å². The van der Waals surface area contributed by atoms with E-state index in [9.17, 15) is 19.2 Å². The molecule has 0 atom stereocenters. The Morgan fingerprint density at radius 1 is 0.944 bits per heavy atom. The average Bonchev–Trinajstić information content (AvgIpc) is 2.35. The molecule has 6 heteroatoms. The molecule has 0 radical (unpaired) electrons. The number of hydrogen-bond acceptors (Lipinski definition) is 4. The van der Waals surface area contributed by atoms with E-state index in [4.69, 9.17) is 10.2 Å². The van der Waals surface area contributed by atoms with Crippen molar-refractivity contribution in [3.63, 3.8) is 0 Å². The van der Waals surface area contributed by atoms with Crippen LogP contribution in [0.2, 0.25) is 0 Å². The van der Waals surface area contributed by atoms with Crippen molar-refractivity contribution in [2.75, 3.05) is 0 Å². The van der Waals surface area contributed by atoms with E-state index in [2.05, 4.69) is 0 Å². The van der Waals surface area contributed by atoms with E-state index in [0.717, 1.165) is 0 Å². The second kappa shape index (κ2) is 5.72. The van der Waals surface area contributed by atoms with Gasteiger partial charge in [0, 0.05) is 12.0 Å². The summed E-state index contributed by atoms with van der Waals surface area (Å²) in [6.45, 7) is 0. The van der Waals surface area contributed by atoms with Gasteiger partial charge < -0.3 is 10.2 Å². The number of rotatable bonds is 6. The monoisotopic (exact) mass is 250 g/mol. The highest BCUT2D eigenvalue weighted by atomic mass is 16.4. The van der Waals surface area contributed by atoms with Crippen LogP contribution >= 0.6 is 0 Å². The number of hydrogen-bond donors (Lipinski definition) is 2. The third-order valence-corrected chi connectivity index (χ3v) is 2.24. The molecule has 0 bridgehead atoms. The maximum atomic E-state index is 11.3. The molecule has 0 unspecified atom stereocenters. The number of benzene rings is 1. The Balaban J connectivity index is 2.76. The van der Waals surface area contributed by atoms with Crippen LogP contribution in [0, 0.1) is 0 Å². The van der Waals surface area contributed by atoms with Gasteiger partial charge in [-0.1, -0.05) is 24.3 Å². The smallest absolute Gasteiger partial charge is 0.380 e. The summed E-state index contributed by atoms with van der Waals surface area (Å²) in [6.07, 6.45) is 0.262. The zero-order valence-electron chi connectivity index (χ0n) is 9.25. The molecule has 1 aromatic carbocycles. The standard InChI is InChI=1S/C12H10O6/c13-9(14)6-3-7-1-4-8(5-2-7)10(15)11(16)12(17)18/h1-2,4-5H,3,6H2,(H,13,14)(H,17,18). The summed E-state index contributed by atoms with van der Waals surface area (Å²) in [7, 11) is 0. The molecule has 18 heavy (non-hydrogen) atoms. The van der Waals surface area contributed by atoms with Gasteiger partial charge in [0.2, 0.25) is 5.78 Å². The van der Waals surface area contributed by atoms with E-state index < -0.39 is 23.5 Å². The molecule has 0 aliphatic heterocycles. The summed E-state index contributed by atoms with van der Waals surface area (Å²) < 4.78 is 0. The van der Waals surface area contributed by atoms with Gasteiger partial charge in [-0.2, -0.15) is 0 Å². The molecule has 6 nitrogen and oxygen atoms in total. The second-order valence-corrected chi connectivity index (χ2v) is 3.55. The molecule has 0 spiro atoms. The first-order valence-corrected chi connectivity index (χ1v) is 5.04. The number of aliphatic carboxylic acids is 2. The van der Waals surface area contributed by atoms with Crippen molar-refractivity contribution in [2.24, 2.45) is 0 Å². The molecular formula is C12H10O6. The van der Waals surface area contributed by atoms with Crippen molar-refractivity contribution in [2.45, 2.75) is 12.8 Å². The lowest BCUT2D eigenvalue weighted by Gasteiger charge is -2.00. The zero-order chi connectivity index (χ0) is 13.7. The summed E-state index contributed by atoms with van der Waals surface area (Å²) in [4.78, 5) is 42.9. The fourth-order valence-corrected chi connectivity index (χ4v) is 1.30. The molecule has 0 saturated carbocycles. The summed E-state index contributed by atoms with van der Waals surface area (Å²) in [6, 6.07) is 5.59. The van der Waals surface area contributed by atoms with Crippen molar-refractivity contribution in [1.29, 1.82) is 0 Å². The lowest BCUT2D eigenvalue weighted by atomic mass is 10.0. The zero-order valence-corrected chi connectivity index (χ0v) is 9.25. The third-order valence-electron chi connectivity index (χ3n) is 2.24. The Morgan fingerprint density at radius 2 is 1.50 bits per heavy atom. The number of carboxylic acids is 2. The van der Waals surface area contributed by atoms with Gasteiger partial charge in [0.15, 0.2) is 0 Å². The van der Waals surface area contributed by atoms with Crippen LogP contribution in [0.3, 0.4) is 0 Å². The number of ketones is 2. The minimum Gasteiger partial charge on any atom is -0.481 e. The predicted molar refractivity (Wildman–Crippen MR) is 59.4 cm³/mol. The van der Waals surface area contributed by atoms with Crippen LogP contribution in [0.4, 0.5) is 0 Å². The highest BCUT2D eigenvalue weighted by Crippen LogP contribution is 2.08. The van der Waals surface area contributed by atoms with Crippen molar-refractivity contribution in [3.05, 3.63) is 35.4 Å². The van der Waals surface area contributed by atoms with E-state index in [1.807, 2.05) is 0 Å². The van der Waals surface area contributed by atoms with Crippen LogP contribution in [0.15, 0.2) is 24.3 Å². The van der Waals surface area contributed by atoms with Crippen LogP contribution in [-0.4, -0.2) is 33.7 Å². The Bertz CT molecular complexity index is 500. The van der Waals surface area contributed by atoms with E-state index in [1.54, 1.807) is 0 Å². The number of carbonyl (C=O) groups excluding carboxylic acids is 2. The number of aryl methyl sites for hydroxylation is 1. The van der Waals surface area contributed by atoms with Gasteiger partial charge in [0.05, 0.1) is 0 Å². The van der Waals surface area contributed by atoms with Gasteiger partial charge >= 0.3 is 17.7 Å². The van der Waals surface area contributed by atoms with Crippen molar-refractivity contribution >= 4 is 23.5 Å². The Morgan fingerprint density at radius 3 is 1.94 bits per heavy atom. The molecule has 1 rings (SSSR count). The molecule has 0 aromatic heterocycles. The maximum Gasteiger partial charge on any atom is 0.380 e. The Kier molecular flexibility index (Phi) is 4.31. The minimum absolute atomic E-state index is 0.0264. The largest absolute Gasteiger partial charge is 0.481 e. The molecule has 0 amide bonds. The molecule has 2 N–H and O–H groups in total. The fourth-order valence-electron chi connectivity index (χ4n) is 1.30. The summed E-state index contributed by atoms with van der Waals surface area (Å²) in [5.41, 5.74) is 0.665. The van der Waals surface area contributed by atoms with E-state index in [1.165, 1.54) is 24.3 Å². The second-order valence-electron chi connectivity index (χ2n) is 3.55. The molecule has 1 aromatic rings. The number of carboxylic acid groups (broad SMARTS) is 2. The lowest BCUT2D eigenvalue weighted by molar-refractivity contribution is -0.146. The predicted octanol–water partition coefficient (Wildman–Crippen LogP) is 0.540. The van der Waals surface area contributed by atoms with Gasteiger partial charge in [-0.05, 0) is 12.0 Å². The maximum absolute atomic E-state index is 11.3. The first-order valence-electron chi connectivity index (χ1n) is 5.04. The van der Waals surface area contributed by atoms with Crippen LogP contribution in [0.5, 0.6) is 0 Å². The SMILES string of the molecule is O=C(O)CCc1ccc(C(=O)C(=O)C(=O)O)cc1. The summed E-state index contributed by atoms with van der Waals surface area (Å²) >= 11 is 0. The molecule has 0 aliphatic rings. The fraction of sp³-hybridized carbons (Fsp3) is 0.167. The quantitative estimate of drug-likeness (QED) is 0.433. The average molecular weight is 250 g/mol. The molecule has 0 fully saturated rings. The Labute approximate surface area is 102 Å². The molecular weight excluding hydrogens is 240 g/mol. The topological polar surface area (TPSA) is 109 Å². The molecule has 0 aliphatic carbocycles. The van der Waals surface area contributed by atoms with Crippen LogP contribution < -0.4 is 0 Å². The molecule has 0 saturated heterocycles. The number of Topliss-reactive ketones (excluding diaryl/α,β-unsaturated/α-hetero) is 2. The normalized spacial score (nSPS) is 9.78. The van der Waals surface area contributed by atoms with Crippen molar-refractivity contribution < 1.29 is 29.4 Å². The summed E-state index contributed by atoms with van der Waals surface area (Å²) in [5.74, 6) is -5.31. The van der Waals surface area contributed by atoms with Crippen LogP contribution in [0.25, 0.3) is 0 Å². The Hall–Kier alpha value is -2.50. The summed E-state index contributed by atoms with van der Waals surface area (Å²) in [5, 5.41) is 16.9. The van der Waals surface area contributed by atoms with E-state index in [-0.39, 0.29) is 12.0 Å². The first kappa shape index (κ1) is 13.6. The van der Waals surface area contributed by atoms with Gasteiger partial charge in [-0.15, -0.1) is 0 Å². The van der Waals surface area contributed by atoms with Crippen LogP contribution in [0.1, 0.15) is 22.3 Å². The van der Waals surface area contributed by atoms with Gasteiger partial charge in [-0.25, -0.2) is 4.79 Å². The van der Waals surface area contributed by atoms with Gasteiger partial charge in [-0.3, -0.25) is 14.4 Å². The number of carbonyl (C=O) groups is 4. The van der Waals surface area contributed by atoms with Gasteiger partial charge in [0.1, 0.15) is 0 Å². The van der Waals surface area contributed by atoms with E-state index in [0.29, 0.717) is 12.0 Å². The lowest BCUT2D eigenvalue weighted by Crippen LogP contribution is -2.23. The van der Waals surface area contributed by atoms with Gasteiger partial charge in [0.25, 0.3) is 0 Å². The highest BCUT2D eigenvalue weighted by molar-refractivity contribution is 6.65. The van der Waals surface area contributed by atoms with Crippen molar-refractivity contribution in [1.82, 2.24) is 0 Å². The third kappa shape index (κ3) is 3.51. The van der Waals surface area contributed by atoms with Crippen LogP contribution in [-0.2, 0) is 20.8 Å². The highest BCUT2D eigenvalue weighted by Gasteiger charge is 2.22. The molecule has 94 valence electrons. The van der Waals surface area contributed by atoms with Crippen molar-refractivity contribution in [3.8, 4) is 0 Å².